The van der Waals surface area contributed by atoms with Gasteiger partial charge < -0.3 is 0 Å². The zero-order valence-electron chi connectivity index (χ0n) is 22.3. The van der Waals surface area contributed by atoms with Gasteiger partial charge in [-0.05, 0) is 62.1 Å². The molecule has 6 aromatic rings. The first-order valence-electron chi connectivity index (χ1n) is 13.8. The van der Waals surface area contributed by atoms with Gasteiger partial charge in [-0.25, -0.2) is 0 Å². The maximum atomic E-state index is 2.34. The summed E-state index contributed by atoms with van der Waals surface area (Å²) in [6.07, 6.45) is 0.996. The first-order chi connectivity index (χ1) is 19.3. The second kappa shape index (κ2) is 11.4. The summed E-state index contributed by atoms with van der Waals surface area (Å²) in [6, 6.07) is 57.0. The minimum absolute atomic E-state index is 0.225. The molecule has 0 aliphatic rings. The predicted molar refractivity (Wildman–Crippen MR) is 167 cm³/mol. The molecule has 0 saturated heterocycles. The van der Waals surface area contributed by atoms with Gasteiger partial charge in [-0.1, -0.05) is 165 Å². The van der Waals surface area contributed by atoms with Crippen LogP contribution in [0.25, 0.3) is 44.5 Å². The lowest BCUT2D eigenvalue weighted by atomic mass is 9.77. The quantitative estimate of drug-likeness (QED) is 0.204. The molecule has 39 heavy (non-hydrogen) atoms. The Bertz CT molecular complexity index is 1520. The van der Waals surface area contributed by atoms with E-state index in [1.54, 1.807) is 0 Å². The highest BCUT2D eigenvalue weighted by Crippen LogP contribution is 2.45. The Labute approximate surface area is 232 Å². The average molecular weight is 501 g/mol. The van der Waals surface area contributed by atoms with Crippen molar-refractivity contribution in [2.24, 2.45) is 0 Å². The molecule has 0 amide bonds. The van der Waals surface area contributed by atoms with Crippen molar-refractivity contribution in [3.8, 4) is 44.5 Å². The zero-order chi connectivity index (χ0) is 26.4. The lowest BCUT2D eigenvalue weighted by Gasteiger charge is -2.26. The molecule has 0 atom stereocenters. The van der Waals surface area contributed by atoms with Gasteiger partial charge in [0.2, 0.25) is 0 Å². The first kappa shape index (κ1) is 24.6. The molecule has 0 aliphatic heterocycles. The van der Waals surface area contributed by atoms with Crippen LogP contribution in [-0.4, -0.2) is 0 Å². The van der Waals surface area contributed by atoms with Crippen LogP contribution in [0.3, 0.4) is 0 Å². The molecule has 0 fully saturated rings. The summed E-state index contributed by atoms with van der Waals surface area (Å²) in [4.78, 5) is 0. The fourth-order valence-electron chi connectivity index (χ4n) is 5.90. The minimum atomic E-state index is 0.225. The van der Waals surface area contributed by atoms with Crippen molar-refractivity contribution >= 4 is 0 Å². The third kappa shape index (κ3) is 4.94. The Balaban J connectivity index is 1.63. The van der Waals surface area contributed by atoms with Crippen LogP contribution in [-0.2, 0) is 0 Å². The van der Waals surface area contributed by atoms with Crippen LogP contribution in [0.2, 0.25) is 0 Å². The molecule has 6 rings (SSSR count). The van der Waals surface area contributed by atoms with Gasteiger partial charge in [0.25, 0.3) is 0 Å². The molecule has 0 heteroatoms. The highest BCUT2D eigenvalue weighted by atomic mass is 14.3. The van der Waals surface area contributed by atoms with E-state index in [0.717, 1.165) is 6.42 Å². The summed E-state index contributed by atoms with van der Waals surface area (Å²) in [7, 11) is 0. The van der Waals surface area contributed by atoms with Crippen molar-refractivity contribution in [2.75, 3.05) is 0 Å². The maximum Gasteiger partial charge on any atom is 0.00994 e. The third-order valence-corrected chi connectivity index (χ3v) is 7.65. The van der Waals surface area contributed by atoms with E-state index in [2.05, 4.69) is 165 Å². The molecular weight excluding hydrogens is 468 g/mol. The van der Waals surface area contributed by atoms with Crippen molar-refractivity contribution in [1.82, 2.24) is 0 Å². The van der Waals surface area contributed by atoms with Gasteiger partial charge in [0.1, 0.15) is 0 Å². The molecule has 0 radical (unpaired) electrons. The largest absolute Gasteiger partial charge is 0.0645 e. The Kier molecular flexibility index (Phi) is 7.19. The van der Waals surface area contributed by atoms with E-state index in [1.807, 2.05) is 0 Å². The maximum absolute atomic E-state index is 2.34. The van der Waals surface area contributed by atoms with Crippen LogP contribution < -0.4 is 0 Å². The number of rotatable bonds is 7. The molecule has 0 saturated carbocycles. The Hall–Kier alpha value is -4.68. The first-order valence-corrected chi connectivity index (χ1v) is 13.8. The molecule has 0 spiro atoms. The monoisotopic (exact) mass is 500 g/mol. The average Bonchev–Trinajstić information content (AvgIpc) is 3.03. The van der Waals surface area contributed by atoms with Crippen LogP contribution in [0.15, 0.2) is 158 Å². The number of benzene rings is 6. The Morgan fingerprint density at radius 2 is 0.692 bits per heavy atom. The Morgan fingerprint density at radius 3 is 1.03 bits per heavy atom. The fraction of sp³-hybridized carbons (Fsp3) is 0.0769. The van der Waals surface area contributed by atoms with E-state index in [9.17, 15) is 0 Å². The highest BCUT2D eigenvalue weighted by Gasteiger charge is 2.24. The second-order valence-electron chi connectivity index (χ2n) is 9.96. The number of hydrogen-bond acceptors (Lipinski definition) is 0. The summed E-state index contributed by atoms with van der Waals surface area (Å²) in [5, 5.41) is 0. The molecule has 0 heterocycles. The van der Waals surface area contributed by atoms with E-state index in [4.69, 9.17) is 0 Å². The van der Waals surface area contributed by atoms with E-state index in [0.29, 0.717) is 0 Å². The van der Waals surface area contributed by atoms with Crippen molar-refractivity contribution < 1.29 is 0 Å². The summed E-state index contributed by atoms with van der Waals surface area (Å²) < 4.78 is 0. The van der Waals surface area contributed by atoms with E-state index in [1.165, 1.54) is 55.6 Å². The SMILES string of the molecule is CCC(c1cccc(-c2ccccc2)c1-c1ccccc1)c1cccc(-c2ccccc2)c1-c1ccccc1. The van der Waals surface area contributed by atoms with E-state index in [-0.39, 0.29) is 5.92 Å². The number of hydrogen-bond donors (Lipinski definition) is 0. The van der Waals surface area contributed by atoms with Crippen LogP contribution in [0.4, 0.5) is 0 Å². The van der Waals surface area contributed by atoms with Crippen LogP contribution in [0.5, 0.6) is 0 Å². The Morgan fingerprint density at radius 1 is 0.359 bits per heavy atom. The van der Waals surface area contributed by atoms with Crippen molar-refractivity contribution in [1.29, 1.82) is 0 Å². The topological polar surface area (TPSA) is 0 Å². The fourth-order valence-corrected chi connectivity index (χ4v) is 5.90. The van der Waals surface area contributed by atoms with E-state index >= 15 is 0 Å². The molecule has 0 nitrogen and oxygen atoms in total. The lowest BCUT2D eigenvalue weighted by molar-refractivity contribution is 0.781. The lowest BCUT2D eigenvalue weighted by Crippen LogP contribution is -2.06. The molecular formula is C39H32. The summed E-state index contributed by atoms with van der Waals surface area (Å²) in [6.45, 7) is 2.32. The van der Waals surface area contributed by atoms with Gasteiger partial charge in [0.05, 0.1) is 0 Å². The molecule has 0 unspecified atom stereocenters. The van der Waals surface area contributed by atoms with Gasteiger partial charge >= 0.3 is 0 Å². The van der Waals surface area contributed by atoms with E-state index < -0.39 is 0 Å². The van der Waals surface area contributed by atoms with Crippen molar-refractivity contribution in [2.45, 2.75) is 19.3 Å². The van der Waals surface area contributed by atoms with Crippen molar-refractivity contribution in [3.63, 3.8) is 0 Å². The van der Waals surface area contributed by atoms with Gasteiger partial charge in [0, 0.05) is 5.92 Å². The standard InChI is InChI=1S/C39H32/c1-2-33(36-27-15-25-34(29-17-7-3-8-18-29)38(36)31-21-11-5-12-22-31)37-28-16-26-35(30-19-9-4-10-20-30)39(37)32-23-13-6-14-24-32/h3-28,33H,2H2,1H3. The predicted octanol–water partition coefficient (Wildman–Crippen LogP) is 10.9. The molecule has 0 N–H and O–H groups in total. The van der Waals surface area contributed by atoms with Crippen LogP contribution >= 0.6 is 0 Å². The molecule has 0 aliphatic carbocycles. The summed E-state index contributed by atoms with van der Waals surface area (Å²) >= 11 is 0. The summed E-state index contributed by atoms with van der Waals surface area (Å²) in [5.74, 6) is 0.225. The summed E-state index contributed by atoms with van der Waals surface area (Å²) in [5.41, 5.74) is 12.9. The van der Waals surface area contributed by atoms with Gasteiger partial charge in [-0.2, -0.15) is 0 Å². The normalized spacial score (nSPS) is 11.0. The zero-order valence-corrected chi connectivity index (χ0v) is 22.3. The smallest absolute Gasteiger partial charge is 0.00994 e. The van der Waals surface area contributed by atoms with Crippen molar-refractivity contribution in [3.05, 3.63) is 169 Å². The van der Waals surface area contributed by atoms with Crippen LogP contribution in [0, 0.1) is 0 Å². The minimum Gasteiger partial charge on any atom is -0.0645 e. The molecule has 188 valence electrons. The highest BCUT2D eigenvalue weighted by molar-refractivity contribution is 5.89. The van der Waals surface area contributed by atoms with Gasteiger partial charge in [0.15, 0.2) is 0 Å². The molecule has 0 aromatic heterocycles. The van der Waals surface area contributed by atoms with Gasteiger partial charge in [-0.3, -0.25) is 0 Å². The van der Waals surface area contributed by atoms with Crippen LogP contribution in [0.1, 0.15) is 30.4 Å². The molecule has 6 aromatic carbocycles. The molecule has 0 bridgehead atoms. The van der Waals surface area contributed by atoms with Gasteiger partial charge in [-0.15, -0.1) is 0 Å². The third-order valence-electron chi connectivity index (χ3n) is 7.65. The second-order valence-corrected chi connectivity index (χ2v) is 9.96.